The third-order valence-corrected chi connectivity index (χ3v) is 3.93. The lowest BCUT2D eigenvalue weighted by Gasteiger charge is -2.40. The van der Waals surface area contributed by atoms with Crippen molar-refractivity contribution in [2.45, 2.75) is 64.1 Å². The van der Waals surface area contributed by atoms with E-state index in [-0.39, 0.29) is 1.43 Å². The van der Waals surface area contributed by atoms with Crippen LogP contribution in [-0.2, 0) is 0 Å². The van der Waals surface area contributed by atoms with Gasteiger partial charge >= 0.3 is 0 Å². The summed E-state index contributed by atoms with van der Waals surface area (Å²) in [5.74, 6) is 0. The van der Waals surface area contributed by atoms with Crippen LogP contribution in [0, 0.1) is 0 Å². The van der Waals surface area contributed by atoms with Crippen molar-refractivity contribution in [2.24, 2.45) is 0 Å². The van der Waals surface area contributed by atoms with Gasteiger partial charge in [-0.1, -0.05) is 0 Å². The molecule has 0 aromatic heterocycles. The van der Waals surface area contributed by atoms with Gasteiger partial charge in [0.1, 0.15) is 0 Å². The van der Waals surface area contributed by atoms with Gasteiger partial charge in [0.2, 0.25) is 0 Å². The maximum Gasteiger partial charge on any atom is 0.0563 e. The van der Waals surface area contributed by atoms with Gasteiger partial charge in [-0.15, -0.1) is 0 Å². The molecule has 5 nitrogen and oxygen atoms in total. The third kappa shape index (κ3) is 7.55. The van der Waals surface area contributed by atoms with Crippen LogP contribution < -0.4 is 5.48 Å². The van der Waals surface area contributed by atoms with Crippen LogP contribution in [0.3, 0.4) is 0 Å². The summed E-state index contributed by atoms with van der Waals surface area (Å²) in [7, 11) is 2.20. The van der Waals surface area contributed by atoms with Crippen LogP contribution in [0.1, 0.15) is 47.9 Å². The zero-order valence-corrected chi connectivity index (χ0v) is 13.6. The van der Waals surface area contributed by atoms with Crippen LogP contribution in [0.15, 0.2) is 0 Å². The fraction of sp³-hybridized carbons (Fsp3) is 1.00. The lowest BCUT2D eigenvalue weighted by molar-refractivity contribution is 0.0567. The maximum atomic E-state index is 8.85. The van der Waals surface area contributed by atoms with Crippen LogP contribution in [-0.4, -0.2) is 71.0 Å². The van der Waals surface area contributed by atoms with E-state index in [1.807, 2.05) is 0 Å². The fourth-order valence-electron chi connectivity index (χ4n) is 2.76. The molecule has 0 atom stereocenters. The minimum absolute atomic E-state index is 0. The highest BCUT2D eigenvalue weighted by Crippen LogP contribution is 2.23. The van der Waals surface area contributed by atoms with E-state index in [1.54, 1.807) is 20.8 Å². The first-order valence-electron chi connectivity index (χ1n) is 7.84. The standard InChI is InChI=1S/C11H23N3O.C4H10O.H2/c1-13-6-8-14(9-7-13)11-4-2-10(12-15)3-5-11;1-4(2,3)5;/h10-12,15H,2-9H2,1H3;5H,1-3H3;1H. The molecule has 1 heterocycles. The number of hydrogen-bond donors (Lipinski definition) is 3. The van der Waals surface area contributed by atoms with Gasteiger partial charge in [-0.2, -0.15) is 0 Å². The van der Waals surface area contributed by atoms with E-state index >= 15 is 0 Å². The average Bonchev–Trinajstić information content (AvgIpc) is 2.38. The van der Waals surface area contributed by atoms with E-state index in [0.29, 0.717) is 6.04 Å². The topological polar surface area (TPSA) is 59.0 Å². The highest BCUT2D eigenvalue weighted by molar-refractivity contribution is 4.83. The van der Waals surface area contributed by atoms with E-state index in [9.17, 15) is 0 Å². The summed E-state index contributed by atoms with van der Waals surface area (Å²) in [6.45, 7) is 10.1. The predicted octanol–water partition coefficient (Wildman–Crippen LogP) is 1.55. The number of hydrogen-bond acceptors (Lipinski definition) is 5. The Kier molecular flexibility index (Phi) is 7.40. The number of rotatable bonds is 2. The monoisotopic (exact) mass is 289 g/mol. The molecule has 122 valence electrons. The Bertz CT molecular complexity index is 252. The summed E-state index contributed by atoms with van der Waals surface area (Å²) in [6, 6.07) is 1.11. The number of hydroxylamine groups is 1. The molecule has 0 amide bonds. The molecule has 0 aromatic rings. The average molecular weight is 289 g/mol. The Balaban J connectivity index is 0.000000583. The molecule has 0 radical (unpaired) electrons. The second-order valence-electron chi connectivity index (χ2n) is 7.14. The highest BCUT2D eigenvalue weighted by Gasteiger charge is 2.27. The Morgan fingerprint density at radius 2 is 1.45 bits per heavy atom. The van der Waals surface area contributed by atoms with Crippen molar-refractivity contribution in [3.05, 3.63) is 0 Å². The van der Waals surface area contributed by atoms with Crippen LogP contribution in [0.25, 0.3) is 0 Å². The van der Waals surface area contributed by atoms with Gasteiger partial charge in [0.05, 0.1) is 5.60 Å². The first-order valence-corrected chi connectivity index (χ1v) is 7.84. The molecular weight excluding hydrogens is 254 g/mol. The van der Waals surface area contributed by atoms with Gasteiger partial charge in [-0.3, -0.25) is 4.90 Å². The van der Waals surface area contributed by atoms with Crippen LogP contribution >= 0.6 is 0 Å². The number of piperazine rings is 1. The summed E-state index contributed by atoms with van der Waals surface area (Å²) >= 11 is 0. The molecule has 20 heavy (non-hydrogen) atoms. The van der Waals surface area contributed by atoms with E-state index in [1.165, 1.54) is 39.0 Å². The predicted molar refractivity (Wildman–Crippen MR) is 84.1 cm³/mol. The van der Waals surface area contributed by atoms with Gasteiger partial charge < -0.3 is 15.2 Å². The van der Waals surface area contributed by atoms with Gasteiger partial charge in [-0.05, 0) is 53.5 Å². The van der Waals surface area contributed by atoms with Gasteiger partial charge in [0.25, 0.3) is 0 Å². The van der Waals surface area contributed by atoms with E-state index in [4.69, 9.17) is 10.3 Å². The smallest absolute Gasteiger partial charge is 0.0563 e. The Morgan fingerprint density at radius 1 is 1.00 bits per heavy atom. The third-order valence-electron chi connectivity index (χ3n) is 3.93. The van der Waals surface area contributed by atoms with E-state index in [0.717, 1.165) is 18.9 Å². The van der Waals surface area contributed by atoms with Crippen molar-refractivity contribution < 1.29 is 11.7 Å². The normalized spacial score (nSPS) is 29.7. The number of nitrogens with one attached hydrogen (secondary N) is 1. The largest absolute Gasteiger partial charge is 0.391 e. The number of aliphatic hydroxyl groups is 1. The van der Waals surface area contributed by atoms with Crippen LogP contribution in [0.4, 0.5) is 0 Å². The van der Waals surface area contributed by atoms with E-state index < -0.39 is 5.60 Å². The van der Waals surface area contributed by atoms with Gasteiger partial charge in [0.15, 0.2) is 0 Å². The first kappa shape index (κ1) is 17.9. The molecular formula is C15H35N3O2. The number of likely N-dealkylation sites (N-methyl/N-ethyl adjacent to an activating group) is 1. The van der Waals surface area contributed by atoms with Crippen LogP contribution in [0.5, 0.6) is 0 Å². The molecule has 0 bridgehead atoms. The Morgan fingerprint density at radius 3 is 1.85 bits per heavy atom. The lowest BCUT2D eigenvalue weighted by atomic mass is 9.90. The van der Waals surface area contributed by atoms with Crippen LogP contribution in [0.2, 0.25) is 0 Å². The molecule has 1 saturated carbocycles. The van der Waals surface area contributed by atoms with Gasteiger partial charge in [0, 0.05) is 39.7 Å². The van der Waals surface area contributed by atoms with Crippen molar-refractivity contribution in [2.75, 3.05) is 33.2 Å². The minimum Gasteiger partial charge on any atom is -0.391 e. The molecule has 0 aromatic carbocycles. The fourth-order valence-corrected chi connectivity index (χ4v) is 2.76. The summed E-state index contributed by atoms with van der Waals surface area (Å²) < 4.78 is 0. The van der Waals surface area contributed by atoms with Crippen molar-refractivity contribution in [3.8, 4) is 0 Å². The van der Waals surface area contributed by atoms with Crippen molar-refractivity contribution in [1.29, 1.82) is 0 Å². The second-order valence-corrected chi connectivity index (χ2v) is 7.14. The molecule has 1 saturated heterocycles. The molecule has 3 N–H and O–H groups in total. The maximum absolute atomic E-state index is 8.85. The SMILES string of the molecule is CC(C)(C)O.CN1CCN(C2CCC(NO)CC2)CC1.[HH]. The van der Waals surface area contributed by atoms with Gasteiger partial charge in [-0.25, -0.2) is 5.48 Å². The zero-order chi connectivity index (χ0) is 15.2. The molecule has 2 aliphatic rings. The lowest BCUT2D eigenvalue weighted by Crippen LogP contribution is -2.50. The molecule has 2 rings (SSSR count). The molecule has 0 unspecified atom stereocenters. The summed E-state index contributed by atoms with van der Waals surface area (Å²) in [5.41, 5.74) is 1.91. The molecule has 5 heteroatoms. The van der Waals surface area contributed by atoms with Crippen molar-refractivity contribution >= 4 is 0 Å². The second kappa shape index (κ2) is 8.29. The Hall–Kier alpha value is -0.200. The van der Waals surface area contributed by atoms with Crippen molar-refractivity contribution in [1.82, 2.24) is 15.3 Å². The zero-order valence-electron chi connectivity index (χ0n) is 13.6. The quantitative estimate of drug-likeness (QED) is 0.673. The molecule has 1 aliphatic carbocycles. The summed E-state index contributed by atoms with van der Waals surface area (Å²) in [6.07, 6.45) is 4.71. The highest BCUT2D eigenvalue weighted by atomic mass is 16.5. The number of nitrogens with zero attached hydrogens (tertiary/aromatic N) is 2. The summed E-state index contributed by atoms with van der Waals surface area (Å²) in [4.78, 5) is 5.03. The van der Waals surface area contributed by atoms with Crippen molar-refractivity contribution in [3.63, 3.8) is 0 Å². The molecule has 1 aliphatic heterocycles. The minimum atomic E-state index is -0.500. The summed E-state index contributed by atoms with van der Waals surface area (Å²) in [5, 5.41) is 17.4. The Labute approximate surface area is 125 Å². The molecule has 2 fully saturated rings. The molecule has 0 spiro atoms. The first-order chi connectivity index (χ1) is 9.29. The van der Waals surface area contributed by atoms with E-state index in [2.05, 4.69) is 22.3 Å².